The van der Waals surface area contributed by atoms with Gasteiger partial charge < -0.3 is 15.4 Å². The second-order valence-corrected chi connectivity index (χ2v) is 5.31. The number of hydrogen-bond acceptors (Lipinski definition) is 3. The number of nitrogens with two attached hydrogens (primary N) is 1. The SMILES string of the molecule is CCCN(Cc1ccccc1)C(=O)[C@@H]1CC[C@H](CN)O1.Cl. The van der Waals surface area contributed by atoms with Crippen LogP contribution in [0.2, 0.25) is 0 Å². The van der Waals surface area contributed by atoms with Gasteiger partial charge in [-0.2, -0.15) is 0 Å². The van der Waals surface area contributed by atoms with Crippen LogP contribution in [0.1, 0.15) is 31.7 Å². The molecule has 1 aromatic rings. The molecule has 1 aliphatic rings. The van der Waals surface area contributed by atoms with Gasteiger partial charge in [-0.1, -0.05) is 37.3 Å². The van der Waals surface area contributed by atoms with E-state index in [9.17, 15) is 4.79 Å². The van der Waals surface area contributed by atoms with Gasteiger partial charge in [-0.15, -0.1) is 12.4 Å². The molecule has 1 amide bonds. The Labute approximate surface area is 133 Å². The zero-order valence-electron chi connectivity index (χ0n) is 12.5. The second kappa shape index (κ2) is 9.03. The Balaban J connectivity index is 0.00000220. The van der Waals surface area contributed by atoms with Crippen molar-refractivity contribution in [3.05, 3.63) is 35.9 Å². The maximum absolute atomic E-state index is 12.6. The molecule has 1 fully saturated rings. The fourth-order valence-corrected chi connectivity index (χ4v) is 2.61. The Bertz CT molecular complexity index is 428. The lowest BCUT2D eigenvalue weighted by Crippen LogP contribution is -2.39. The van der Waals surface area contributed by atoms with Gasteiger partial charge >= 0.3 is 0 Å². The highest BCUT2D eigenvalue weighted by Gasteiger charge is 2.32. The molecule has 2 rings (SSSR count). The van der Waals surface area contributed by atoms with Crippen molar-refractivity contribution in [3.63, 3.8) is 0 Å². The fraction of sp³-hybridized carbons (Fsp3) is 0.562. The van der Waals surface area contributed by atoms with E-state index < -0.39 is 0 Å². The third-order valence-corrected chi connectivity index (χ3v) is 3.67. The maximum atomic E-state index is 12.6. The van der Waals surface area contributed by atoms with Crippen LogP contribution in [0.4, 0.5) is 0 Å². The molecule has 2 atom stereocenters. The van der Waals surface area contributed by atoms with Crippen molar-refractivity contribution in [2.45, 2.75) is 44.9 Å². The van der Waals surface area contributed by atoms with E-state index in [1.807, 2.05) is 35.2 Å². The Morgan fingerprint density at radius 3 is 2.62 bits per heavy atom. The van der Waals surface area contributed by atoms with Gasteiger partial charge in [0.2, 0.25) is 0 Å². The Morgan fingerprint density at radius 1 is 1.33 bits per heavy atom. The highest BCUT2D eigenvalue weighted by atomic mass is 35.5. The summed E-state index contributed by atoms with van der Waals surface area (Å²) in [7, 11) is 0. The number of ether oxygens (including phenoxy) is 1. The van der Waals surface area contributed by atoms with Crippen LogP contribution in [-0.4, -0.2) is 36.1 Å². The summed E-state index contributed by atoms with van der Waals surface area (Å²) < 4.78 is 5.72. The summed E-state index contributed by atoms with van der Waals surface area (Å²) in [6.07, 6.45) is 2.36. The summed E-state index contributed by atoms with van der Waals surface area (Å²) in [6, 6.07) is 10.1. The number of benzene rings is 1. The molecular formula is C16H25ClN2O2. The Morgan fingerprint density at radius 2 is 2.05 bits per heavy atom. The number of rotatable bonds is 6. The lowest BCUT2D eigenvalue weighted by atomic mass is 10.1. The highest BCUT2D eigenvalue weighted by Crippen LogP contribution is 2.21. The van der Waals surface area contributed by atoms with Gasteiger partial charge in [-0.25, -0.2) is 0 Å². The van der Waals surface area contributed by atoms with Crippen LogP contribution in [0.3, 0.4) is 0 Å². The molecule has 0 aliphatic carbocycles. The van der Waals surface area contributed by atoms with Crippen molar-refractivity contribution in [1.82, 2.24) is 4.90 Å². The van der Waals surface area contributed by atoms with Crippen molar-refractivity contribution in [2.24, 2.45) is 5.73 Å². The lowest BCUT2D eigenvalue weighted by Gasteiger charge is -2.25. The summed E-state index contributed by atoms with van der Waals surface area (Å²) in [6.45, 7) is 4.00. The first-order valence-electron chi connectivity index (χ1n) is 7.42. The van der Waals surface area contributed by atoms with Crippen LogP contribution in [-0.2, 0) is 16.1 Å². The predicted octanol–water partition coefficient (Wildman–Crippen LogP) is 2.35. The summed E-state index contributed by atoms with van der Waals surface area (Å²) in [5.74, 6) is 0.103. The van der Waals surface area contributed by atoms with Crippen LogP contribution in [0.5, 0.6) is 0 Å². The van der Waals surface area contributed by atoms with Gasteiger partial charge in [-0.05, 0) is 24.8 Å². The zero-order chi connectivity index (χ0) is 14.4. The molecule has 1 heterocycles. The topological polar surface area (TPSA) is 55.6 Å². The normalized spacial score (nSPS) is 20.9. The molecule has 5 heteroatoms. The van der Waals surface area contributed by atoms with Gasteiger partial charge in [0.15, 0.2) is 0 Å². The van der Waals surface area contributed by atoms with E-state index in [1.165, 1.54) is 0 Å². The summed E-state index contributed by atoms with van der Waals surface area (Å²) >= 11 is 0. The minimum absolute atomic E-state index is 0. The number of carbonyl (C=O) groups excluding carboxylic acids is 1. The van der Waals surface area contributed by atoms with Gasteiger partial charge in [0.1, 0.15) is 6.10 Å². The molecular weight excluding hydrogens is 288 g/mol. The molecule has 21 heavy (non-hydrogen) atoms. The molecule has 2 N–H and O–H groups in total. The van der Waals surface area contributed by atoms with Crippen molar-refractivity contribution in [2.75, 3.05) is 13.1 Å². The first-order chi connectivity index (χ1) is 9.74. The minimum Gasteiger partial charge on any atom is -0.364 e. The first kappa shape index (κ1) is 18.0. The van der Waals surface area contributed by atoms with Gasteiger partial charge in [0, 0.05) is 19.6 Å². The van der Waals surface area contributed by atoms with E-state index in [1.54, 1.807) is 0 Å². The van der Waals surface area contributed by atoms with E-state index in [0.717, 1.165) is 31.4 Å². The van der Waals surface area contributed by atoms with E-state index in [2.05, 4.69) is 6.92 Å². The van der Waals surface area contributed by atoms with Crippen LogP contribution < -0.4 is 5.73 Å². The van der Waals surface area contributed by atoms with Crippen molar-refractivity contribution < 1.29 is 9.53 Å². The summed E-state index contributed by atoms with van der Waals surface area (Å²) in [4.78, 5) is 14.5. The number of nitrogens with zero attached hydrogens (tertiary/aromatic N) is 1. The molecule has 0 aromatic heterocycles. The van der Waals surface area contributed by atoms with Crippen LogP contribution >= 0.6 is 12.4 Å². The highest BCUT2D eigenvalue weighted by molar-refractivity contribution is 5.85. The average molecular weight is 313 g/mol. The number of amides is 1. The van der Waals surface area contributed by atoms with E-state index in [4.69, 9.17) is 10.5 Å². The van der Waals surface area contributed by atoms with Crippen LogP contribution in [0, 0.1) is 0 Å². The van der Waals surface area contributed by atoms with Crippen LogP contribution in [0.15, 0.2) is 30.3 Å². The number of hydrogen-bond donors (Lipinski definition) is 1. The minimum atomic E-state index is -0.307. The lowest BCUT2D eigenvalue weighted by molar-refractivity contribution is -0.143. The van der Waals surface area contributed by atoms with E-state index in [-0.39, 0.29) is 30.5 Å². The molecule has 118 valence electrons. The molecule has 1 saturated heterocycles. The third-order valence-electron chi connectivity index (χ3n) is 3.67. The second-order valence-electron chi connectivity index (χ2n) is 5.31. The molecule has 0 unspecified atom stereocenters. The van der Waals surface area contributed by atoms with Crippen molar-refractivity contribution in [3.8, 4) is 0 Å². The standard InChI is InChI=1S/C16H24N2O2.ClH/c1-2-10-18(12-13-6-4-3-5-7-13)16(19)15-9-8-14(11-17)20-15;/h3-7,14-15H,2,8-12,17H2,1H3;1H/t14-,15+;/m1./s1. The fourth-order valence-electron chi connectivity index (χ4n) is 2.61. The van der Waals surface area contributed by atoms with Gasteiger partial charge in [0.25, 0.3) is 5.91 Å². The monoisotopic (exact) mass is 312 g/mol. The Hall–Kier alpha value is -1.10. The maximum Gasteiger partial charge on any atom is 0.252 e. The van der Waals surface area contributed by atoms with E-state index >= 15 is 0 Å². The first-order valence-corrected chi connectivity index (χ1v) is 7.42. The molecule has 1 aliphatic heterocycles. The number of carbonyl (C=O) groups is 1. The predicted molar refractivity (Wildman–Crippen MR) is 86.3 cm³/mol. The van der Waals surface area contributed by atoms with Crippen LogP contribution in [0.25, 0.3) is 0 Å². The summed E-state index contributed by atoms with van der Waals surface area (Å²) in [5, 5.41) is 0. The zero-order valence-corrected chi connectivity index (χ0v) is 13.3. The number of halogens is 1. The van der Waals surface area contributed by atoms with E-state index in [0.29, 0.717) is 13.1 Å². The average Bonchev–Trinajstić information content (AvgIpc) is 2.96. The Kier molecular flexibility index (Phi) is 7.72. The quantitative estimate of drug-likeness (QED) is 0.877. The molecule has 0 saturated carbocycles. The largest absolute Gasteiger partial charge is 0.364 e. The molecule has 0 spiro atoms. The molecule has 0 bridgehead atoms. The summed E-state index contributed by atoms with van der Waals surface area (Å²) in [5.41, 5.74) is 6.76. The smallest absolute Gasteiger partial charge is 0.252 e. The third kappa shape index (κ3) is 4.99. The molecule has 1 aromatic carbocycles. The van der Waals surface area contributed by atoms with Gasteiger partial charge in [-0.3, -0.25) is 4.79 Å². The van der Waals surface area contributed by atoms with Gasteiger partial charge in [0.05, 0.1) is 6.10 Å². The van der Waals surface area contributed by atoms with Crippen molar-refractivity contribution in [1.29, 1.82) is 0 Å². The molecule has 0 radical (unpaired) electrons. The molecule has 4 nitrogen and oxygen atoms in total. The van der Waals surface area contributed by atoms with Crippen molar-refractivity contribution >= 4 is 18.3 Å².